The van der Waals surface area contributed by atoms with Crippen LogP contribution < -0.4 is 16.0 Å². The number of nitrogens with one attached hydrogen (secondary N) is 3. The van der Waals surface area contributed by atoms with Crippen molar-refractivity contribution in [1.29, 1.82) is 0 Å². The van der Waals surface area contributed by atoms with Gasteiger partial charge in [0.2, 0.25) is 0 Å². The summed E-state index contributed by atoms with van der Waals surface area (Å²) < 4.78 is 5.53. The molecule has 1 aliphatic carbocycles. The Labute approximate surface area is 148 Å². The van der Waals surface area contributed by atoms with E-state index in [0.29, 0.717) is 30.1 Å². The van der Waals surface area contributed by atoms with Crippen LogP contribution in [0.15, 0.2) is 24.3 Å². The Balaban J connectivity index is 1.59. The number of rotatable bonds is 5. The lowest BCUT2D eigenvalue weighted by Gasteiger charge is -2.34. The van der Waals surface area contributed by atoms with Gasteiger partial charge >= 0.3 is 0 Å². The molecule has 1 heterocycles. The van der Waals surface area contributed by atoms with Crippen LogP contribution in [0.4, 0.5) is 5.69 Å². The molecule has 1 saturated carbocycles. The fourth-order valence-corrected chi connectivity index (χ4v) is 3.64. The minimum Gasteiger partial charge on any atom is -0.368 e. The van der Waals surface area contributed by atoms with Crippen LogP contribution in [0, 0.1) is 0 Å². The van der Waals surface area contributed by atoms with Gasteiger partial charge in [-0.1, -0.05) is 12.8 Å². The number of anilines is 1. The molecule has 1 aliphatic heterocycles. The number of hydrogen-bond donors (Lipinski definition) is 3. The summed E-state index contributed by atoms with van der Waals surface area (Å²) in [6, 6.07) is 7.34. The maximum atomic E-state index is 12.6. The molecule has 0 radical (unpaired) electrons. The number of amides is 2. The average Bonchev–Trinajstić information content (AvgIpc) is 3.15. The summed E-state index contributed by atoms with van der Waals surface area (Å²) in [6.45, 7) is 1.53. The number of hydrogen-bond acceptors (Lipinski definition) is 4. The lowest BCUT2D eigenvalue weighted by atomic mass is 9.91. The first-order valence-electron chi connectivity index (χ1n) is 9.11. The summed E-state index contributed by atoms with van der Waals surface area (Å²) in [6.07, 6.45) is 5.80. The van der Waals surface area contributed by atoms with E-state index in [1.807, 2.05) is 0 Å². The van der Waals surface area contributed by atoms with Gasteiger partial charge in [-0.05, 0) is 63.0 Å². The van der Waals surface area contributed by atoms with E-state index >= 15 is 0 Å². The summed E-state index contributed by atoms with van der Waals surface area (Å²) in [5, 5.41) is 9.23. The molecule has 0 aromatic heterocycles. The molecule has 2 fully saturated rings. The normalized spacial score (nSPS) is 20.2. The molecule has 6 nitrogen and oxygen atoms in total. The van der Waals surface area contributed by atoms with Crippen LogP contribution in [0.2, 0.25) is 0 Å². The van der Waals surface area contributed by atoms with Crippen molar-refractivity contribution in [2.75, 3.05) is 25.5 Å². The second-order valence-electron chi connectivity index (χ2n) is 6.93. The fourth-order valence-electron chi connectivity index (χ4n) is 3.64. The molecule has 3 rings (SSSR count). The van der Waals surface area contributed by atoms with Crippen LogP contribution in [-0.2, 0) is 9.53 Å². The van der Waals surface area contributed by atoms with Crippen molar-refractivity contribution in [2.24, 2.45) is 0 Å². The van der Waals surface area contributed by atoms with Crippen molar-refractivity contribution in [3.63, 3.8) is 0 Å². The first-order chi connectivity index (χ1) is 12.1. The van der Waals surface area contributed by atoms with Gasteiger partial charge in [0.05, 0.1) is 0 Å². The van der Waals surface area contributed by atoms with Crippen LogP contribution in [0.5, 0.6) is 0 Å². The minimum absolute atomic E-state index is 0.0449. The standard InChI is InChI=1S/C19H27N3O3/c1-25-19(10-12-20-13-11-19)18(24)22-16-8-6-14(7-9-16)17(23)21-15-4-2-3-5-15/h6-9,15,20H,2-5,10-13H2,1H3,(H,21,23)(H,22,24). The molecule has 2 amide bonds. The lowest BCUT2D eigenvalue weighted by Crippen LogP contribution is -2.51. The molecular weight excluding hydrogens is 318 g/mol. The maximum absolute atomic E-state index is 12.6. The predicted octanol–water partition coefficient (Wildman–Crippen LogP) is 2.07. The third-order valence-electron chi connectivity index (χ3n) is 5.31. The van der Waals surface area contributed by atoms with Crippen molar-refractivity contribution in [3.05, 3.63) is 29.8 Å². The molecule has 25 heavy (non-hydrogen) atoms. The van der Waals surface area contributed by atoms with Crippen LogP contribution >= 0.6 is 0 Å². The Hall–Kier alpha value is -1.92. The molecule has 3 N–H and O–H groups in total. The van der Waals surface area contributed by atoms with Crippen molar-refractivity contribution in [2.45, 2.75) is 50.2 Å². The number of carbonyl (C=O) groups is 2. The van der Waals surface area contributed by atoms with Crippen molar-refractivity contribution in [1.82, 2.24) is 10.6 Å². The van der Waals surface area contributed by atoms with E-state index in [1.54, 1.807) is 31.4 Å². The molecule has 2 aliphatic rings. The molecule has 1 aromatic rings. The number of benzene rings is 1. The molecule has 0 spiro atoms. The summed E-state index contributed by atoms with van der Waals surface area (Å²) in [5.41, 5.74) is 0.523. The Morgan fingerprint density at radius 1 is 1.12 bits per heavy atom. The van der Waals surface area contributed by atoms with Gasteiger partial charge < -0.3 is 20.7 Å². The molecule has 0 bridgehead atoms. The molecule has 1 saturated heterocycles. The van der Waals surface area contributed by atoms with E-state index in [1.165, 1.54) is 12.8 Å². The first kappa shape index (κ1) is 17.9. The molecule has 1 aromatic carbocycles. The monoisotopic (exact) mass is 345 g/mol. The third kappa shape index (κ3) is 4.19. The number of ether oxygens (including phenoxy) is 1. The third-order valence-corrected chi connectivity index (χ3v) is 5.31. The number of piperidine rings is 1. The Morgan fingerprint density at radius 3 is 2.36 bits per heavy atom. The van der Waals surface area contributed by atoms with E-state index in [4.69, 9.17) is 4.74 Å². The SMILES string of the molecule is COC1(C(=O)Nc2ccc(C(=O)NC3CCCC3)cc2)CCNCC1. The highest BCUT2D eigenvalue weighted by molar-refractivity contribution is 5.98. The Bertz CT molecular complexity index is 603. The van der Waals surface area contributed by atoms with E-state index in [9.17, 15) is 9.59 Å². The van der Waals surface area contributed by atoms with Gasteiger partial charge in [-0.25, -0.2) is 0 Å². The zero-order chi connectivity index (χ0) is 17.7. The van der Waals surface area contributed by atoms with Gasteiger partial charge in [0.1, 0.15) is 5.60 Å². The lowest BCUT2D eigenvalue weighted by molar-refractivity contribution is -0.140. The van der Waals surface area contributed by atoms with E-state index in [0.717, 1.165) is 25.9 Å². The van der Waals surface area contributed by atoms with Crippen LogP contribution in [0.25, 0.3) is 0 Å². The molecule has 0 atom stereocenters. The van der Waals surface area contributed by atoms with Gasteiger partial charge in [-0.3, -0.25) is 9.59 Å². The van der Waals surface area contributed by atoms with Gasteiger partial charge in [0.15, 0.2) is 0 Å². The van der Waals surface area contributed by atoms with Crippen molar-refractivity contribution in [3.8, 4) is 0 Å². The van der Waals surface area contributed by atoms with E-state index < -0.39 is 5.60 Å². The quantitative estimate of drug-likeness (QED) is 0.763. The fraction of sp³-hybridized carbons (Fsp3) is 0.579. The van der Waals surface area contributed by atoms with Crippen molar-refractivity contribution < 1.29 is 14.3 Å². The summed E-state index contributed by atoms with van der Waals surface area (Å²) in [7, 11) is 1.58. The smallest absolute Gasteiger partial charge is 0.256 e. The summed E-state index contributed by atoms with van der Waals surface area (Å²) in [4.78, 5) is 24.9. The van der Waals surface area contributed by atoms with Gasteiger partial charge in [0, 0.05) is 24.4 Å². The maximum Gasteiger partial charge on any atom is 0.256 e. The van der Waals surface area contributed by atoms with E-state index in [-0.39, 0.29) is 11.8 Å². The highest BCUT2D eigenvalue weighted by Crippen LogP contribution is 2.25. The van der Waals surface area contributed by atoms with Crippen LogP contribution in [0.3, 0.4) is 0 Å². The molecule has 0 unspecified atom stereocenters. The number of carbonyl (C=O) groups excluding carboxylic acids is 2. The zero-order valence-electron chi connectivity index (χ0n) is 14.8. The predicted molar refractivity (Wildman–Crippen MR) is 96.6 cm³/mol. The first-order valence-corrected chi connectivity index (χ1v) is 9.11. The second kappa shape index (κ2) is 7.97. The average molecular weight is 345 g/mol. The van der Waals surface area contributed by atoms with Gasteiger partial charge in [0.25, 0.3) is 11.8 Å². The van der Waals surface area contributed by atoms with Gasteiger partial charge in [-0.15, -0.1) is 0 Å². The Kier molecular flexibility index (Phi) is 5.71. The number of methoxy groups -OCH3 is 1. The summed E-state index contributed by atoms with van der Waals surface area (Å²) >= 11 is 0. The topological polar surface area (TPSA) is 79.5 Å². The highest BCUT2D eigenvalue weighted by atomic mass is 16.5. The highest BCUT2D eigenvalue weighted by Gasteiger charge is 2.39. The van der Waals surface area contributed by atoms with E-state index in [2.05, 4.69) is 16.0 Å². The molecular formula is C19H27N3O3. The summed E-state index contributed by atoms with van der Waals surface area (Å²) in [5.74, 6) is -0.170. The molecule has 6 heteroatoms. The minimum atomic E-state index is -0.774. The Morgan fingerprint density at radius 2 is 1.76 bits per heavy atom. The van der Waals surface area contributed by atoms with Gasteiger partial charge in [-0.2, -0.15) is 0 Å². The van der Waals surface area contributed by atoms with Crippen LogP contribution in [-0.4, -0.2) is 43.7 Å². The zero-order valence-corrected chi connectivity index (χ0v) is 14.8. The van der Waals surface area contributed by atoms with Crippen LogP contribution in [0.1, 0.15) is 48.9 Å². The molecule has 136 valence electrons. The largest absolute Gasteiger partial charge is 0.368 e. The van der Waals surface area contributed by atoms with Crippen molar-refractivity contribution >= 4 is 17.5 Å². The second-order valence-corrected chi connectivity index (χ2v) is 6.93.